The summed E-state index contributed by atoms with van der Waals surface area (Å²) in [5.74, 6) is 0.740. The second-order valence-corrected chi connectivity index (χ2v) is 9.01. The summed E-state index contributed by atoms with van der Waals surface area (Å²) in [5.41, 5.74) is 0.915. The number of halogens is 2. The number of hydrogen-bond donors (Lipinski definition) is 2. The molecule has 164 valence electrons. The van der Waals surface area contributed by atoms with Crippen LogP contribution in [0.25, 0.3) is 0 Å². The van der Waals surface area contributed by atoms with Gasteiger partial charge in [-0.1, -0.05) is 12.1 Å². The maximum absolute atomic E-state index is 14.0. The third-order valence-electron chi connectivity index (χ3n) is 4.68. The summed E-state index contributed by atoms with van der Waals surface area (Å²) in [6, 6.07) is 9.86. The van der Waals surface area contributed by atoms with E-state index in [0.29, 0.717) is 36.3 Å². The van der Waals surface area contributed by atoms with Crippen LogP contribution in [0.15, 0.2) is 52.5 Å². The van der Waals surface area contributed by atoms with E-state index in [0.717, 1.165) is 18.5 Å². The molecule has 2 heterocycles. The van der Waals surface area contributed by atoms with Crippen LogP contribution < -0.4 is 15.5 Å². The molecule has 1 atom stereocenters. The monoisotopic (exact) mass is 547 g/mol. The summed E-state index contributed by atoms with van der Waals surface area (Å²) < 4.78 is 37.1. The fraction of sp³-hybridized carbons (Fsp3) is 0.400. The van der Waals surface area contributed by atoms with Gasteiger partial charge in [0.25, 0.3) is 0 Å². The summed E-state index contributed by atoms with van der Waals surface area (Å²) >= 11 is 0. The van der Waals surface area contributed by atoms with E-state index in [1.807, 2.05) is 11.8 Å². The van der Waals surface area contributed by atoms with Crippen LogP contribution in [-0.4, -0.2) is 51.3 Å². The molecule has 0 aliphatic carbocycles. The largest absolute Gasteiger partial charge is 0.357 e. The smallest absolute Gasteiger partial charge is 0.191 e. The number of rotatable bonds is 6. The van der Waals surface area contributed by atoms with Crippen molar-refractivity contribution < 1.29 is 12.8 Å². The molecule has 1 aromatic heterocycles. The Bertz CT molecular complexity index is 969. The van der Waals surface area contributed by atoms with Crippen molar-refractivity contribution in [2.24, 2.45) is 4.99 Å². The topological polar surface area (TPSA) is 86.7 Å². The van der Waals surface area contributed by atoms with Gasteiger partial charge in [-0.05, 0) is 43.2 Å². The molecule has 2 aromatic rings. The fourth-order valence-electron chi connectivity index (χ4n) is 3.21. The van der Waals surface area contributed by atoms with Crippen molar-refractivity contribution in [3.63, 3.8) is 0 Å². The first kappa shape index (κ1) is 24.3. The number of aliphatic imine (C=N–C) groups is 1. The van der Waals surface area contributed by atoms with E-state index in [-0.39, 0.29) is 35.8 Å². The summed E-state index contributed by atoms with van der Waals surface area (Å²) in [4.78, 5) is 11.0. The highest BCUT2D eigenvalue weighted by molar-refractivity contribution is 14.0. The number of pyridine rings is 1. The Kier molecular flexibility index (Phi) is 8.83. The molecule has 3 rings (SSSR count). The molecule has 1 saturated heterocycles. The second-order valence-electron chi connectivity index (χ2n) is 7.00. The average molecular weight is 547 g/mol. The number of nitrogens with one attached hydrogen (secondary N) is 2. The Morgan fingerprint density at radius 2 is 2.03 bits per heavy atom. The van der Waals surface area contributed by atoms with Crippen LogP contribution in [0.5, 0.6) is 0 Å². The fourth-order valence-corrected chi connectivity index (χ4v) is 3.84. The molecule has 7 nitrogen and oxygen atoms in total. The normalized spacial score (nSPS) is 16.8. The lowest BCUT2D eigenvalue weighted by atomic mass is 10.2. The third-order valence-corrected chi connectivity index (χ3v) is 5.81. The van der Waals surface area contributed by atoms with Gasteiger partial charge in [0.2, 0.25) is 0 Å². The number of sulfone groups is 1. The highest BCUT2D eigenvalue weighted by atomic mass is 127. The Morgan fingerprint density at radius 3 is 2.67 bits per heavy atom. The second kappa shape index (κ2) is 10.9. The molecule has 0 spiro atoms. The van der Waals surface area contributed by atoms with Gasteiger partial charge < -0.3 is 15.5 Å². The van der Waals surface area contributed by atoms with E-state index in [1.165, 1.54) is 12.3 Å². The number of benzene rings is 1. The lowest BCUT2D eigenvalue weighted by Crippen LogP contribution is -2.44. The molecule has 1 aliphatic rings. The molecule has 10 heteroatoms. The van der Waals surface area contributed by atoms with Gasteiger partial charge >= 0.3 is 0 Å². The van der Waals surface area contributed by atoms with Gasteiger partial charge in [-0.15, -0.1) is 24.0 Å². The predicted octanol–water partition coefficient (Wildman–Crippen LogP) is 2.58. The van der Waals surface area contributed by atoms with Crippen LogP contribution in [0.4, 0.5) is 10.2 Å². The molecule has 0 bridgehead atoms. The van der Waals surface area contributed by atoms with Crippen LogP contribution in [0.1, 0.15) is 18.9 Å². The molecule has 1 aliphatic heterocycles. The molecule has 1 fully saturated rings. The molecule has 30 heavy (non-hydrogen) atoms. The first-order valence-corrected chi connectivity index (χ1v) is 11.4. The Labute approximate surface area is 194 Å². The number of hydrogen-bond acceptors (Lipinski definition) is 5. The van der Waals surface area contributed by atoms with E-state index in [4.69, 9.17) is 0 Å². The third kappa shape index (κ3) is 6.53. The Balaban J connectivity index is 0.00000320. The molecule has 0 amide bonds. The van der Waals surface area contributed by atoms with Crippen LogP contribution >= 0.6 is 24.0 Å². The van der Waals surface area contributed by atoms with Gasteiger partial charge in [-0.2, -0.15) is 0 Å². The summed E-state index contributed by atoms with van der Waals surface area (Å²) in [6.45, 7) is 4.48. The van der Waals surface area contributed by atoms with Crippen molar-refractivity contribution in [2.75, 3.05) is 30.8 Å². The Morgan fingerprint density at radius 1 is 1.30 bits per heavy atom. The molecule has 0 radical (unpaired) electrons. The van der Waals surface area contributed by atoms with E-state index in [1.54, 1.807) is 36.5 Å². The minimum Gasteiger partial charge on any atom is -0.357 e. The number of guanidine groups is 1. The van der Waals surface area contributed by atoms with Crippen molar-refractivity contribution in [1.82, 2.24) is 15.6 Å². The molecule has 2 N–H and O–H groups in total. The Hall–Kier alpha value is -1.95. The predicted molar refractivity (Wildman–Crippen MR) is 128 cm³/mol. The molecule has 0 saturated carbocycles. The van der Waals surface area contributed by atoms with Gasteiger partial charge in [0.05, 0.1) is 11.4 Å². The van der Waals surface area contributed by atoms with Crippen LogP contribution in [-0.2, 0) is 16.4 Å². The minimum atomic E-state index is -3.20. The zero-order valence-corrected chi connectivity index (χ0v) is 20.2. The van der Waals surface area contributed by atoms with E-state index >= 15 is 0 Å². The van der Waals surface area contributed by atoms with Crippen molar-refractivity contribution in [3.05, 3.63) is 54.0 Å². The standard InChI is InChI=1S/C20H26FN5O2S.HI/c1-3-22-20(24-13-15-6-8-17(9-7-15)29(2,27)28)25-16-10-12-26(14-16)19-18(21)5-4-11-23-19;/h4-9,11,16H,3,10,12-14H2,1-2H3,(H2,22,24,25);1H. The maximum atomic E-state index is 14.0. The van der Waals surface area contributed by atoms with Crippen molar-refractivity contribution in [1.29, 1.82) is 0 Å². The van der Waals surface area contributed by atoms with Crippen LogP contribution in [0.3, 0.4) is 0 Å². The van der Waals surface area contributed by atoms with Gasteiger partial charge in [-0.25, -0.2) is 22.8 Å². The highest BCUT2D eigenvalue weighted by Crippen LogP contribution is 2.20. The first-order valence-electron chi connectivity index (χ1n) is 9.56. The summed E-state index contributed by atoms with van der Waals surface area (Å²) in [6.07, 6.45) is 3.64. The van der Waals surface area contributed by atoms with Crippen LogP contribution in [0, 0.1) is 5.82 Å². The van der Waals surface area contributed by atoms with Crippen LogP contribution in [0.2, 0.25) is 0 Å². The van der Waals surface area contributed by atoms with Gasteiger partial charge in [0, 0.05) is 38.1 Å². The SMILES string of the molecule is CCNC(=NCc1ccc(S(C)(=O)=O)cc1)NC1CCN(c2ncccc2F)C1.I. The van der Waals surface area contributed by atoms with Crippen molar-refractivity contribution >= 4 is 45.6 Å². The average Bonchev–Trinajstić information content (AvgIpc) is 3.14. The van der Waals surface area contributed by atoms with E-state index in [2.05, 4.69) is 20.6 Å². The number of aromatic nitrogens is 1. The molecular formula is C20H27FIN5O2S. The summed E-state index contributed by atoms with van der Waals surface area (Å²) in [5, 5.41) is 6.61. The molecule has 1 unspecified atom stereocenters. The summed E-state index contributed by atoms with van der Waals surface area (Å²) in [7, 11) is -3.20. The lowest BCUT2D eigenvalue weighted by Gasteiger charge is -2.20. The van der Waals surface area contributed by atoms with Gasteiger partial charge in [-0.3, -0.25) is 0 Å². The zero-order valence-electron chi connectivity index (χ0n) is 17.0. The van der Waals surface area contributed by atoms with Gasteiger partial charge in [0.1, 0.15) is 0 Å². The lowest BCUT2D eigenvalue weighted by molar-refractivity contribution is 0.601. The van der Waals surface area contributed by atoms with Crippen molar-refractivity contribution in [2.45, 2.75) is 30.8 Å². The minimum absolute atomic E-state index is 0. The molecular weight excluding hydrogens is 520 g/mol. The van der Waals surface area contributed by atoms with Crippen molar-refractivity contribution in [3.8, 4) is 0 Å². The highest BCUT2D eigenvalue weighted by Gasteiger charge is 2.25. The zero-order chi connectivity index (χ0) is 20.9. The number of anilines is 1. The molecule has 1 aromatic carbocycles. The maximum Gasteiger partial charge on any atom is 0.191 e. The first-order chi connectivity index (χ1) is 13.9. The number of nitrogens with zero attached hydrogens (tertiary/aromatic N) is 3. The van der Waals surface area contributed by atoms with E-state index in [9.17, 15) is 12.8 Å². The quantitative estimate of drug-likeness (QED) is 0.329. The van der Waals surface area contributed by atoms with Gasteiger partial charge in [0.15, 0.2) is 27.4 Å². The van der Waals surface area contributed by atoms with E-state index < -0.39 is 9.84 Å².